The van der Waals surface area contributed by atoms with Crippen LogP contribution in [0.2, 0.25) is 0 Å². The lowest BCUT2D eigenvalue weighted by molar-refractivity contribution is -0.119. The molecule has 1 N–H and O–H groups in total. The summed E-state index contributed by atoms with van der Waals surface area (Å²) in [5.41, 5.74) is 1.67. The number of rotatable bonds is 6. The molecule has 166 valence electrons. The molecule has 0 atom stereocenters. The molecule has 0 bridgehead atoms. The number of amides is 2. The van der Waals surface area contributed by atoms with E-state index in [1.807, 2.05) is 24.3 Å². The van der Waals surface area contributed by atoms with Gasteiger partial charge in [0.25, 0.3) is 5.91 Å². The number of carbonyl (C=O) groups is 2. The Kier molecular flexibility index (Phi) is 6.15. The first-order valence-corrected chi connectivity index (χ1v) is 12.1. The molecular weight excluding hydrogens is 418 g/mol. The molecule has 0 radical (unpaired) electrons. The molecule has 2 aliphatic rings. The second-order valence-electron chi connectivity index (χ2n) is 8.00. The zero-order valence-electron chi connectivity index (χ0n) is 17.6. The van der Waals surface area contributed by atoms with Crippen molar-refractivity contribution in [1.82, 2.24) is 9.62 Å². The Bertz CT molecular complexity index is 1090. The summed E-state index contributed by atoms with van der Waals surface area (Å²) < 4.78 is 32.5. The number of hydrogen-bond acceptors (Lipinski definition) is 5. The highest BCUT2D eigenvalue weighted by molar-refractivity contribution is 7.89. The van der Waals surface area contributed by atoms with Crippen LogP contribution < -0.4 is 10.2 Å². The highest BCUT2D eigenvalue weighted by Gasteiger charge is 2.31. The average molecular weight is 446 g/mol. The molecule has 0 spiro atoms. The van der Waals surface area contributed by atoms with Crippen LogP contribution in [0.3, 0.4) is 0 Å². The second-order valence-corrected chi connectivity index (χ2v) is 9.90. The molecule has 3 heterocycles. The zero-order chi connectivity index (χ0) is 22.0. The van der Waals surface area contributed by atoms with E-state index in [4.69, 9.17) is 4.42 Å². The SMILES string of the molecule is Cc1oc(C(=O)NCc2cccc(N3CCCCC3=O)c2)cc1S(=O)(=O)N1CCCC1. The van der Waals surface area contributed by atoms with Crippen molar-refractivity contribution in [2.24, 2.45) is 0 Å². The van der Waals surface area contributed by atoms with Crippen molar-refractivity contribution >= 4 is 27.5 Å². The number of sulfonamides is 1. The number of benzene rings is 1. The van der Waals surface area contributed by atoms with Crippen LogP contribution in [0.25, 0.3) is 0 Å². The Morgan fingerprint density at radius 1 is 1.10 bits per heavy atom. The molecule has 0 unspecified atom stereocenters. The smallest absolute Gasteiger partial charge is 0.287 e. The van der Waals surface area contributed by atoms with Crippen molar-refractivity contribution in [3.05, 3.63) is 47.4 Å². The first-order chi connectivity index (χ1) is 14.9. The molecule has 0 aliphatic carbocycles. The third-order valence-corrected chi connectivity index (χ3v) is 7.78. The van der Waals surface area contributed by atoms with E-state index < -0.39 is 15.9 Å². The van der Waals surface area contributed by atoms with E-state index in [1.165, 1.54) is 10.4 Å². The third kappa shape index (κ3) is 4.52. The van der Waals surface area contributed by atoms with Gasteiger partial charge < -0.3 is 14.6 Å². The molecule has 9 heteroatoms. The first-order valence-electron chi connectivity index (χ1n) is 10.6. The molecule has 4 rings (SSSR count). The van der Waals surface area contributed by atoms with Gasteiger partial charge in [0.15, 0.2) is 5.76 Å². The third-order valence-electron chi connectivity index (χ3n) is 5.78. The van der Waals surface area contributed by atoms with Crippen LogP contribution in [0.15, 0.2) is 39.6 Å². The van der Waals surface area contributed by atoms with E-state index in [1.54, 1.807) is 11.8 Å². The topological polar surface area (TPSA) is 99.9 Å². The van der Waals surface area contributed by atoms with Gasteiger partial charge in [0.2, 0.25) is 15.9 Å². The number of anilines is 1. The van der Waals surface area contributed by atoms with Gasteiger partial charge >= 0.3 is 0 Å². The second kappa shape index (κ2) is 8.84. The number of piperidine rings is 1. The molecular formula is C22H27N3O5S. The first kappa shape index (κ1) is 21.6. The summed E-state index contributed by atoms with van der Waals surface area (Å²) in [4.78, 5) is 26.6. The van der Waals surface area contributed by atoms with Crippen molar-refractivity contribution in [2.75, 3.05) is 24.5 Å². The lowest BCUT2D eigenvalue weighted by Crippen LogP contribution is -2.35. The Balaban J connectivity index is 1.44. The summed E-state index contributed by atoms with van der Waals surface area (Å²) >= 11 is 0. The van der Waals surface area contributed by atoms with E-state index in [0.29, 0.717) is 26.1 Å². The van der Waals surface area contributed by atoms with E-state index in [0.717, 1.165) is 36.9 Å². The quantitative estimate of drug-likeness (QED) is 0.737. The molecule has 31 heavy (non-hydrogen) atoms. The zero-order valence-corrected chi connectivity index (χ0v) is 18.4. The van der Waals surface area contributed by atoms with Crippen LogP contribution >= 0.6 is 0 Å². The average Bonchev–Trinajstić information content (AvgIpc) is 3.43. The summed E-state index contributed by atoms with van der Waals surface area (Å²) in [5, 5.41) is 2.77. The normalized spacial score (nSPS) is 17.8. The van der Waals surface area contributed by atoms with Gasteiger partial charge in [-0.25, -0.2) is 8.42 Å². The van der Waals surface area contributed by atoms with Gasteiger partial charge in [-0.2, -0.15) is 4.31 Å². The molecule has 2 fully saturated rings. The fourth-order valence-electron chi connectivity index (χ4n) is 4.08. The maximum atomic E-state index is 12.8. The number of aryl methyl sites for hydroxylation is 1. The number of furan rings is 1. The number of hydrogen-bond donors (Lipinski definition) is 1. The Hall–Kier alpha value is -2.65. The molecule has 1 aromatic heterocycles. The fourth-order valence-corrected chi connectivity index (χ4v) is 5.76. The summed E-state index contributed by atoms with van der Waals surface area (Å²) in [6, 6.07) is 8.81. The highest BCUT2D eigenvalue weighted by Crippen LogP contribution is 2.26. The van der Waals surface area contributed by atoms with E-state index >= 15 is 0 Å². The Morgan fingerprint density at radius 3 is 2.58 bits per heavy atom. The van der Waals surface area contributed by atoms with Gasteiger partial charge in [-0.15, -0.1) is 0 Å². The molecule has 1 aromatic carbocycles. The van der Waals surface area contributed by atoms with Gasteiger partial charge in [0.05, 0.1) is 0 Å². The van der Waals surface area contributed by atoms with E-state index in [2.05, 4.69) is 5.32 Å². The molecule has 2 aliphatic heterocycles. The number of nitrogens with zero attached hydrogens (tertiary/aromatic N) is 2. The van der Waals surface area contributed by atoms with E-state index in [9.17, 15) is 18.0 Å². The van der Waals surface area contributed by atoms with Crippen LogP contribution in [-0.4, -0.2) is 44.2 Å². The van der Waals surface area contributed by atoms with Gasteiger partial charge in [0.1, 0.15) is 10.7 Å². The number of nitrogens with one attached hydrogen (secondary N) is 1. The molecule has 2 amide bonds. The Labute approximate surface area is 182 Å². The van der Waals surface area contributed by atoms with Crippen molar-refractivity contribution < 1.29 is 22.4 Å². The summed E-state index contributed by atoms with van der Waals surface area (Å²) in [6.07, 6.45) is 4.13. The lowest BCUT2D eigenvalue weighted by atomic mass is 10.1. The minimum atomic E-state index is -3.65. The molecule has 2 saturated heterocycles. The van der Waals surface area contributed by atoms with Gasteiger partial charge in [0, 0.05) is 44.4 Å². The fraction of sp³-hybridized carbons (Fsp3) is 0.455. The summed E-state index contributed by atoms with van der Waals surface area (Å²) in [5.74, 6) is -0.184. The van der Waals surface area contributed by atoms with Crippen molar-refractivity contribution in [1.29, 1.82) is 0 Å². The van der Waals surface area contributed by atoms with Gasteiger partial charge in [-0.1, -0.05) is 12.1 Å². The summed E-state index contributed by atoms with van der Waals surface area (Å²) in [6.45, 7) is 3.48. The van der Waals surface area contributed by atoms with Crippen LogP contribution in [0, 0.1) is 6.92 Å². The molecule has 0 saturated carbocycles. The van der Waals surface area contributed by atoms with Crippen molar-refractivity contribution in [3.8, 4) is 0 Å². The maximum Gasteiger partial charge on any atom is 0.287 e. The van der Waals surface area contributed by atoms with Crippen LogP contribution in [-0.2, 0) is 21.4 Å². The number of carbonyl (C=O) groups excluding carboxylic acids is 2. The van der Waals surface area contributed by atoms with Gasteiger partial charge in [-0.3, -0.25) is 9.59 Å². The van der Waals surface area contributed by atoms with Crippen molar-refractivity contribution in [2.45, 2.75) is 50.5 Å². The maximum absolute atomic E-state index is 12.8. The molecule has 8 nitrogen and oxygen atoms in total. The lowest BCUT2D eigenvalue weighted by Gasteiger charge is -2.27. The minimum absolute atomic E-state index is 0.0300. The Morgan fingerprint density at radius 2 is 1.84 bits per heavy atom. The monoisotopic (exact) mass is 445 g/mol. The highest BCUT2D eigenvalue weighted by atomic mass is 32.2. The molecule has 2 aromatic rings. The van der Waals surface area contributed by atoms with Crippen LogP contribution in [0.4, 0.5) is 5.69 Å². The predicted molar refractivity (Wildman–Crippen MR) is 115 cm³/mol. The van der Waals surface area contributed by atoms with Crippen LogP contribution in [0.5, 0.6) is 0 Å². The van der Waals surface area contributed by atoms with Crippen molar-refractivity contribution in [3.63, 3.8) is 0 Å². The minimum Gasteiger partial charge on any atom is -0.455 e. The predicted octanol–water partition coefficient (Wildman–Crippen LogP) is 2.82. The standard InChI is InChI=1S/C22H27N3O5S/c1-16-20(31(28,29)24-10-4-5-11-24)14-19(30-16)22(27)23-15-17-7-6-8-18(13-17)25-12-3-2-9-21(25)26/h6-8,13-14H,2-5,9-12,15H2,1H3,(H,23,27). The van der Waals surface area contributed by atoms with E-state index in [-0.39, 0.29) is 28.9 Å². The largest absolute Gasteiger partial charge is 0.455 e. The van der Waals surface area contributed by atoms with Gasteiger partial charge in [-0.05, 0) is 50.3 Å². The van der Waals surface area contributed by atoms with Crippen LogP contribution in [0.1, 0.15) is 54.0 Å². The summed E-state index contributed by atoms with van der Waals surface area (Å²) in [7, 11) is -3.65.